The fourth-order valence-corrected chi connectivity index (χ4v) is 0.846. The summed E-state index contributed by atoms with van der Waals surface area (Å²) in [5, 5.41) is 20.2. The number of hydrogen-bond acceptors (Lipinski definition) is 4. The van der Waals surface area contributed by atoms with Crippen molar-refractivity contribution in [1.29, 1.82) is 5.41 Å². The van der Waals surface area contributed by atoms with Gasteiger partial charge in [0, 0.05) is 12.2 Å². The van der Waals surface area contributed by atoms with Gasteiger partial charge in [-0.2, -0.15) is 0 Å². The lowest BCUT2D eigenvalue weighted by atomic mass is 10.2. The number of nitrogens with one attached hydrogen (secondary N) is 2. The van der Waals surface area contributed by atoms with Crippen molar-refractivity contribution in [1.82, 2.24) is 0 Å². The average molecular weight is 165 g/mol. The first-order valence-electron chi connectivity index (χ1n) is 3.25. The maximum absolute atomic E-state index is 11.2. The van der Waals surface area contributed by atoms with Gasteiger partial charge in [-0.05, 0) is 5.18 Å². The number of rotatable bonds is 2. The van der Waals surface area contributed by atoms with E-state index in [0.717, 1.165) is 12.4 Å². The van der Waals surface area contributed by atoms with Gasteiger partial charge < -0.3 is 15.7 Å². The summed E-state index contributed by atoms with van der Waals surface area (Å²) in [6.45, 7) is 0. The molecule has 0 spiro atoms. The van der Waals surface area contributed by atoms with Crippen LogP contribution in [0.2, 0.25) is 0 Å². The Hall–Kier alpha value is -1.59. The van der Waals surface area contributed by atoms with Crippen LogP contribution in [0, 0.1) is 15.5 Å². The Morgan fingerprint density at radius 3 is 3.00 bits per heavy atom. The molecule has 12 heavy (non-hydrogen) atoms. The van der Waals surface area contributed by atoms with Crippen LogP contribution in [-0.4, -0.2) is 6.21 Å². The Morgan fingerprint density at radius 2 is 2.42 bits per heavy atom. The molecule has 1 atom stereocenters. The number of quaternary nitrogens is 1. The Kier molecular flexibility index (Phi) is 2.62. The van der Waals surface area contributed by atoms with Crippen LogP contribution in [-0.2, 0) is 0 Å². The number of nitroso groups, excluding NO2 is 1. The van der Waals surface area contributed by atoms with Crippen molar-refractivity contribution >= 4 is 6.21 Å². The first-order chi connectivity index (χ1) is 5.79. The van der Waals surface area contributed by atoms with Crippen molar-refractivity contribution in [3.05, 3.63) is 45.9 Å². The second-order valence-corrected chi connectivity index (χ2v) is 2.14. The third-order valence-corrected chi connectivity index (χ3v) is 1.42. The third kappa shape index (κ3) is 1.52. The van der Waals surface area contributed by atoms with E-state index in [-0.39, 0.29) is 16.5 Å². The largest absolute Gasteiger partial charge is 0.623 e. The van der Waals surface area contributed by atoms with Crippen LogP contribution in [0.1, 0.15) is 0 Å². The Labute approximate surface area is 68.7 Å². The zero-order valence-electron chi connectivity index (χ0n) is 6.15. The van der Waals surface area contributed by atoms with E-state index in [1.165, 1.54) is 12.2 Å². The molecule has 0 aromatic carbocycles. The molecule has 1 heterocycles. The molecule has 0 radical (unpaired) electrons. The molecule has 1 aliphatic heterocycles. The topological polar surface area (TPSA) is 80.8 Å². The summed E-state index contributed by atoms with van der Waals surface area (Å²) in [7, 11) is 0. The normalized spacial score (nSPS) is 25.2. The lowest BCUT2D eigenvalue weighted by Gasteiger charge is -2.23. The molecule has 0 saturated heterocycles. The van der Waals surface area contributed by atoms with Crippen LogP contribution in [0.25, 0.3) is 0 Å². The van der Waals surface area contributed by atoms with Gasteiger partial charge in [0.2, 0.25) is 0 Å². The Bertz CT molecular complexity index is 291. The minimum Gasteiger partial charge on any atom is -0.623 e. The highest BCUT2D eigenvalue weighted by atomic mass is 16.5. The van der Waals surface area contributed by atoms with Crippen LogP contribution in [0.15, 0.2) is 41.0 Å². The van der Waals surface area contributed by atoms with Gasteiger partial charge in [-0.15, -0.1) is 4.91 Å². The van der Waals surface area contributed by atoms with E-state index in [2.05, 4.69) is 5.18 Å². The molecule has 0 fully saturated rings. The Balaban J connectivity index is 2.95. The SMILES string of the molecule is N=CC1=CC=C/C(=C/N=O)[NH+]1[O-]. The summed E-state index contributed by atoms with van der Waals surface area (Å²) in [5.41, 5.74) is 0.471. The van der Waals surface area contributed by atoms with Crippen molar-refractivity contribution in [3.63, 3.8) is 0 Å². The molecule has 5 nitrogen and oxygen atoms in total. The first-order valence-corrected chi connectivity index (χ1v) is 3.25. The molecule has 1 rings (SSSR count). The minimum absolute atomic E-state index is 0.214. The van der Waals surface area contributed by atoms with Gasteiger partial charge in [0.25, 0.3) is 0 Å². The van der Waals surface area contributed by atoms with Gasteiger partial charge in [0.15, 0.2) is 11.4 Å². The van der Waals surface area contributed by atoms with E-state index in [1.807, 2.05) is 0 Å². The summed E-state index contributed by atoms with van der Waals surface area (Å²) in [6.07, 6.45) is 6.48. The molecule has 62 valence electrons. The molecule has 5 heteroatoms. The lowest BCUT2D eigenvalue weighted by molar-refractivity contribution is -0.752. The number of nitrogens with zero attached hydrogens (tertiary/aromatic N) is 1. The van der Waals surface area contributed by atoms with Gasteiger partial charge in [0.05, 0.1) is 6.21 Å². The molecule has 0 aromatic rings. The fraction of sp³-hybridized carbons (Fsp3) is 0. The predicted octanol–water partition coefficient (Wildman–Crippen LogP) is 0.0802. The maximum atomic E-state index is 11.2. The van der Waals surface area contributed by atoms with Crippen molar-refractivity contribution in [3.8, 4) is 0 Å². The highest BCUT2D eigenvalue weighted by molar-refractivity contribution is 5.73. The third-order valence-electron chi connectivity index (χ3n) is 1.42. The fourth-order valence-electron chi connectivity index (χ4n) is 0.846. The number of hydrogen-bond donors (Lipinski definition) is 2. The molecular formula is C7H7N3O2. The van der Waals surface area contributed by atoms with Gasteiger partial charge >= 0.3 is 0 Å². The molecular weight excluding hydrogens is 158 g/mol. The molecule has 1 aliphatic rings. The molecule has 0 aliphatic carbocycles. The van der Waals surface area contributed by atoms with E-state index in [1.54, 1.807) is 6.08 Å². The highest BCUT2D eigenvalue weighted by Gasteiger charge is 2.11. The quantitative estimate of drug-likeness (QED) is 0.345. The standard InChI is InChI=1S/C7H7N3O2/c8-4-6-2-1-3-7(5-9-11)10(6)12/h1-5,8,10H/b7-5-,8-4?. The Morgan fingerprint density at radius 1 is 1.67 bits per heavy atom. The molecule has 2 N–H and O–H groups in total. The summed E-state index contributed by atoms with van der Waals surface area (Å²) in [6, 6.07) is 0. The van der Waals surface area contributed by atoms with Crippen LogP contribution in [0.4, 0.5) is 0 Å². The van der Waals surface area contributed by atoms with Gasteiger partial charge in [-0.25, -0.2) is 0 Å². The zero-order chi connectivity index (χ0) is 8.97. The smallest absolute Gasteiger partial charge is 0.158 e. The average Bonchev–Trinajstić information content (AvgIpc) is 2.09. The molecule has 0 aromatic heterocycles. The first kappa shape index (κ1) is 8.51. The second kappa shape index (κ2) is 3.70. The van der Waals surface area contributed by atoms with E-state index in [4.69, 9.17) is 5.41 Å². The monoisotopic (exact) mass is 165 g/mol. The van der Waals surface area contributed by atoms with E-state index in [9.17, 15) is 10.1 Å². The molecule has 1 unspecified atom stereocenters. The van der Waals surface area contributed by atoms with E-state index >= 15 is 0 Å². The van der Waals surface area contributed by atoms with Crippen molar-refractivity contribution in [2.45, 2.75) is 0 Å². The summed E-state index contributed by atoms with van der Waals surface area (Å²) >= 11 is 0. The van der Waals surface area contributed by atoms with Crippen molar-refractivity contribution in [2.24, 2.45) is 5.18 Å². The van der Waals surface area contributed by atoms with Crippen molar-refractivity contribution < 1.29 is 5.06 Å². The highest BCUT2D eigenvalue weighted by Crippen LogP contribution is 1.97. The van der Waals surface area contributed by atoms with Gasteiger partial charge in [0.1, 0.15) is 6.20 Å². The number of hydroxylamine groups is 2. The minimum atomic E-state index is -0.341. The summed E-state index contributed by atoms with van der Waals surface area (Å²) in [4.78, 5) is 9.82. The zero-order valence-corrected chi connectivity index (χ0v) is 6.15. The molecule has 0 amide bonds. The van der Waals surface area contributed by atoms with Gasteiger partial charge in [-0.3, -0.25) is 0 Å². The van der Waals surface area contributed by atoms with Gasteiger partial charge in [-0.1, -0.05) is 6.08 Å². The maximum Gasteiger partial charge on any atom is 0.158 e. The van der Waals surface area contributed by atoms with E-state index < -0.39 is 0 Å². The van der Waals surface area contributed by atoms with Crippen LogP contribution in [0.3, 0.4) is 0 Å². The molecule has 0 bridgehead atoms. The summed E-state index contributed by atoms with van der Waals surface area (Å²) < 4.78 is 0. The van der Waals surface area contributed by atoms with Crippen LogP contribution >= 0.6 is 0 Å². The number of allylic oxidation sites excluding steroid dienone is 4. The van der Waals surface area contributed by atoms with Crippen molar-refractivity contribution in [2.75, 3.05) is 0 Å². The summed E-state index contributed by atoms with van der Waals surface area (Å²) in [5.74, 6) is 0. The van der Waals surface area contributed by atoms with Crippen LogP contribution in [0.5, 0.6) is 0 Å². The molecule has 0 saturated carbocycles. The second-order valence-electron chi connectivity index (χ2n) is 2.14. The van der Waals surface area contributed by atoms with E-state index in [0.29, 0.717) is 0 Å². The lowest BCUT2D eigenvalue weighted by Crippen LogP contribution is -3.03. The van der Waals surface area contributed by atoms with Crippen LogP contribution < -0.4 is 5.06 Å². The predicted molar refractivity (Wildman–Crippen MR) is 44.2 cm³/mol.